The average Bonchev–Trinajstić information content (AvgIpc) is 3.23. The first-order valence-corrected chi connectivity index (χ1v) is 8.54. The Morgan fingerprint density at radius 2 is 1.69 bits per heavy atom. The minimum absolute atomic E-state index is 0.175. The van der Waals surface area contributed by atoms with Crippen LogP contribution in [-0.2, 0) is 9.53 Å². The molecule has 0 radical (unpaired) electrons. The Hall–Kier alpha value is -4.01. The lowest BCUT2D eigenvalue weighted by atomic mass is 10.2. The molecule has 29 heavy (non-hydrogen) atoms. The largest absolute Gasteiger partial charge is 0.468 e. The molecule has 0 bridgehead atoms. The number of amides is 2. The van der Waals surface area contributed by atoms with Crippen molar-refractivity contribution in [1.82, 2.24) is 15.1 Å². The summed E-state index contributed by atoms with van der Waals surface area (Å²) in [5.41, 5.74) is 1.59. The number of anilines is 1. The standard InChI is InChI=1S/C20H17FN4O4/c1-29-18(26)12-22-19(27)13-2-6-15(7-3-13)23-20(28)17-10-11-25(24-17)16-8-4-14(21)5-9-16/h2-11H,12H2,1H3,(H,22,27)(H,23,28). The van der Waals surface area contributed by atoms with Crippen LogP contribution < -0.4 is 10.6 Å². The molecule has 0 saturated heterocycles. The van der Waals surface area contributed by atoms with Crippen LogP contribution in [0.25, 0.3) is 5.69 Å². The maximum absolute atomic E-state index is 13.0. The fourth-order valence-corrected chi connectivity index (χ4v) is 2.41. The van der Waals surface area contributed by atoms with E-state index in [1.807, 2.05) is 0 Å². The average molecular weight is 396 g/mol. The fourth-order valence-electron chi connectivity index (χ4n) is 2.41. The molecule has 0 atom stereocenters. The van der Waals surface area contributed by atoms with E-state index in [1.165, 1.54) is 42.1 Å². The molecular weight excluding hydrogens is 379 g/mol. The number of esters is 1. The molecule has 0 aliphatic rings. The van der Waals surface area contributed by atoms with E-state index in [9.17, 15) is 18.8 Å². The van der Waals surface area contributed by atoms with Crippen LogP contribution in [0.3, 0.4) is 0 Å². The van der Waals surface area contributed by atoms with Gasteiger partial charge < -0.3 is 15.4 Å². The number of methoxy groups -OCH3 is 1. The summed E-state index contributed by atoms with van der Waals surface area (Å²) in [5.74, 6) is -1.79. The van der Waals surface area contributed by atoms with Crippen molar-refractivity contribution in [1.29, 1.82) is 0 Å². The number of nitrogens with one attached hydrogen (secondary N) is 2. The van der Waals surface area contributed by atoms with Crippen molar-refractivity contribution in [3.63, 3.8) is 0 Å². The molecule has 0 aliphatic heterocycles. The second kappa shape index (κ2) is 8.79. The minimum Gasteiger partial charge on any atom is -0.468 e. The lowest BCUT2D eigenvalue weighted by molar-refractivity contribution is -0.139. The highest BCUT2D eigenvalue weighted by Gasteiger charge is 2.12. The third-order valence-electron chi connectivity index (χ3n) is 3.94. The quantitative estimate of drug-likeness (QED) is 0.622. The molecule has 3 rings (SSSR count). The number of aromatic nitrogens is 2. The maximum Gasteiger partial charge on any atom is 0.325 e. The topological polar surface area (TPSA) is 102 Å². The molecule has 2 aromatic carbocycles. The highest BCUT2D eigenvalue weighted by atomic mass is 19.1. The summed E-state index contributed by atoms with van der Waals surface area (Å²) < 4.78 is 18.9. The lowest BCUT2D eigenvalue weighted by Crippen LogP contribution is -2.30. The summed E-state index contributed by atoms with van der Waals surface area (Å²) >= 11 is 0. The number of halogens is 1. The van der Waals surface area contributed by atoms with Crippen molar-refractivity contribution in [3.05, 3.63) is 77.9 Å². The predicted molar refractivity (Wildman–Crippen MR) is 102 cm³/mol. The Labute approximate surface area is 165 Å². The third kappa shape index (κ3) is 5.04. The second-order valence-electron chi connectivity index (χ2n) is 5.91. The van der Waals surface area contributed by atoms with Gasteiger partial charge in [0.15, 0.2) is 5.69 Å². The highest BCUT2D eigenvalue weighted by molar-refractivity contribution is 6.03. The molecule has 9 heteroatoms. The van der Waals surface area contributed by atoms with Gasteiger partial charge in [0.1, 0.15) is 12.4 Å². The van der Waals surface area contributed by atoms with Crippen molar-refractivity contribution >= 4 is 23.5 Å². The van der Waals surface area contributed by atoms with E-state index in [1.54, 1.807) is 30.5 Å². The summed E-state index contributed by atoms with van der Waals surface area (Å²) in [6.45, 7) is -0.232. The summed E-state index contributed by atoms with van der Waals surface area (Å²) in [6.07, 6.45) is 1.59. The first-order chi connectivity index (χ1) is 14.0. The van der Waals surface area contributed by atoms with Gasteiger partial charge in [-0.25, -0.2) is 9.07 Å². The number of carbonyl (C=O) groups excluding carboxylic acids is 3. The second-order valence-corrected chi connectivity index (χ2v) is 5.91. The van der Waals surface area contributed by atoms with Crippen LogP contribution in [0.1, 0.15) is 20.8 Å². The van der Waals surface area contributed by atoms with Gasteiger partial charge in [0.2, 0.25) is 0 Å². The van der Waals surface area contributed by atoms with Crippen LogP contribution in [0.2, 0.25) is 0 Å². The van der Waals surface area contributed by atoms with Crippen molar-refractivity contribution in [2.24, 2.45) is 0 Å². The van der Waals surface area contributed by atoms with Crippen molar-refractivity contribution in [2.45, 2.75) is 0 Å². The number of nitrogens with zero attached hydrogens (tertiary/aromatic N) is 2. The van der Waals surface area contributed by atoms with Crippen LogP contribution in [-0.4, -0.2) is 41.2 Å². The number of ether oxygens (including phenoxy) is 1. The van der Waals surface area contributed by atoms with Crippen LogP contribution in [0, 0.1) is 5.82 Å². The van der Waals surface area contributed by atoms with E-state index < -0.39 is 17.8 Å². The molecule has 2 amide bonds. The van der Waals surface area contributed by atoms with E-state index >= 15 is 0 Å². The number of benzene rings is 2. The highest BCUT2D eigenvalue weighted by Crippen LogP contribution is 2.13. The Kier molecular flexibility index (Phi) is 5.98. The van der Waals surface area contributed by atoms with Gasteiger partial charge in [0.05, 0.1) is 12.8 Å². The van der Waals surface area contributed by atoms with E-state index in [2.05, 4.69) is 20.5 Å². The zero-order chi connectivity index (χ0) is 20.8. The zero-order valence-electron chi connectivity index (χ0n) is 15.4. The Morgan fingerprint density at radius 3 is 2.34 bits per heavy atom. The molecule has 0 saturated carbocycles. The van der Waals surface area contributed by atoms with E-state index in [4.69, 9.17) is 0 Å². The van der Waals surface area contributed by atoms with Crippen LogP contribution in [0.4, 0.5) is 10.1 Å². The summed E-state index contributed by atoms with van der Waals surface area (Å²) in [5, 5.41) is 9.27. The smallest absolute Gasteiger partial charge is 0.325 e. The SMILES string of the molecule is COC(=O)CNC(=O)c1ccc(NC(=O)c2ccn(-c3ccc(F)cc3)n2)cc1. The first-order valence-electron chi connectivity index (χ1n) is 8.54. The van der Waals surface area contributed by atoms with Gasteiger partial charge in [-0.1, -0.05) is 0 Å². The molecule has 0 spiro atoms. The molecule has 1 aromatic heterocycles. The number of hydrogen-bond acceptors (Lipinski definition) is 5. The summed E-state index contributed by atoms with van der Waals surface area (Å²) in [4.78, 5) is 35.4. The number of rotatable bonds is 6. The molecule has 148 valence electrons. The van der Waals surface area contributed by atoms with Gasteiger partial charge >= 0.3 is 5.97 Å². The maximum atomic E-state index is 13.0. The van der Waals surface area contributed by atoms with Crippen molar-refractivity contribution < 1.29 is 23.5 Å². The van der Waals surface area contributed by atoms with E-state index in [0.29, 0.717) is 16.9 Å². The molecular formula is C20H17FN4O4. The normalized spacial score (nSPS) is 10.3. The number of hydrogen-bond donors (Lipinski definition) is 2. The van der Waals surface area contributed by atoms with Crippen molar-refractivity contribution in [3.8, 4) is 5.69 Å². The van der Waals surface area contributed by atoms with Crippen LogP contribution in [0.15, 0.2) is 60.8 Å². The molecule has 3 aromatic rings. The molecule has 8 nitrogen and oxygen atoms in total. The monoisotopic (exact) mass is 396 g/mol. The molecule has 1 heterocycles. The molecule has 0 aliphatic carbocycles. The van der Waals surface area contributed by atoms with Gasteiger partial charge in [-0.3, -0.25) is 14.4 Å². The van der Waals surface area contributed by atoms with Gasteiger partial charge in [0, 0.05) is 17.4 Å². The van der Waals surface area contributed by atoms with Crippen molar-refractivity contribution in [2.75, 3.05) is 19.0 Å². The summed E-state index contributed by atoms with van der Waals surface area (Å²) in [7, 11) is 1.23. The number of carbonyl (C=O) groups is 3. The zero-order valence-corrected chi connectivity index (χ0v) is 15.4. The Morgan fingerprint density at radius 1 is 1.00 bits per heavy atom. The van der Waals surface area contributed by atoms with Gasteiger partial charge in [-0.2, -0.15) is 5.10 Å². The van der Waals surface area contributed by atoms with E-state index in [-0.39, 0.29) is 18.1 Å². The van der Waals surface area contributed by atoms with Crippen LogP contribution in [0.5, 0.6) is 0 Å². The van der Waals surface area contributed by atoms with Gasteiger partial charge in [-0.15, -0.1) is 0 Å². The third-order valence-corrected chi connectivity index (χ3v) is 3.94. The first kappa shape index (κ1) is 19.7. The van der Waals surface area contributed by atoms with E-state index in [0.717, 1.165) is 0 Å². The minimum atomic E-state index is -0.553. The van der Waals surface area contributed by atoms with Gasteiger partial charge in [-0.05, 0) is 54.6 Å². The Bertz CT molecular complexity index is 1030. The predicted octanol–water partition coefficient (Wildman–Crippen LogP) is 2.17. The summed E-state index contributed by atoms with van der Waals surface area (Å²) in [6, 6.07) is 13.4. The molecule has 0 unspecified atom stereocenters. The molecule has 0 fully saturated rings. The Balaban J connectivity index is 1.61. The van der Waals surface area contributed by atoms with Gasteiger partial charge in [0.25, 0.3) is 11.8 Å². The lowest BCUT2D eigenvalue weighted by Gasteiger charge is -2.06. The molecule has 2 N–H and O–H groups in total. The fraction of sp³-hybridized carbons (Fsp3) is 0.100. The van der Waals surface area contributed by atoms with Crippen LogP contribution >= 0.6 is 0 Å².